The largest absolute Gasteiger partial charge is 0.468 e. The highest BCUT2D eigenvalue weighted by Crippen LogP contribution is 2.36. The van der Waals surface area contributed by atoms with E-state index in [4.69, 9.17) is 9.47 Å². The summed E-state index contributed by atoms with van der Waals surface area (Å²) in [7, 11) is 2.41. The average molecular weight is 251 g/mol. The Morgan fingerprint density at radius 2 is 1.89 bits per heavy atom. The first kappa shape index (κ1) is 12.3. The summed E-state index contributed by atoms with van der Waals surface area (Å²) in [6, 6.07) is 3.17. The molecule has 0 saturated heterocycles. The van der Waals surface area contributed by atoms with Crippen LogP contribution in [0.25, 0.3) is 0 Å². The first-order valence-corrected chi connectivity index (χ1v) is 5.45. The molecule has 0 radical (unpaired) electrons. The summed E-state index contributed by atoms with van der Waals surface area (Å²) in [5, 5.41) is 0. The van der Waals surface area contributed by atoms with Crippen LogP contribution >= 0.6 is 0 Å². The van der Waals surface area contributed by atoms with Crippen LogP contribution in [0, 0.1) is 0 Å². The number of carbonyl (C=O) groups excluding carboxylic acids is 3. The van der Waals surface area contributed by atoms with Crippen LogP contribution in [0.3, 0.4) is 0 Å². The average Bonchev–Trinajstić information content (AvgIpc) is 2.88. The van der Waals surface area contributed by atoms with E-state index in [1.54, 1.807) is 12.1 Å². The Kier molecular flexibility index (Phi) is 2.94. The van der Waals surface area contributed by atoms with Gasteiger partial charge in [-0.05, 0) is 18.6 Å². The summed E-state index contributed by atoms with van der Waals surface area (Å²) in [5.74, 6) is -1.57. The van der Waals surface area contributed by atoms with Crippen LogP contribution < -0.4 is 0 Å². The van der Waals surface area contributed by atoms with Crippen molar-refractivity contribution in [2.75, 3.05) is 14.2 Å². The second-order valence-electron chi connectivity index (χ2n) is 4.05. The zero-order valence-electron chi connectivity index (χ0n) is 10.1. The molecule has 0 atom stereocenters. The van der Waals surface area contributed by atoms with Crippen LogP contribution in [0.5, 0.6) is 0 Å². The minimum Gasteiger partial charge on any atom is -0.468 e. The molecule has 18 heavy (non-hydrogen) atoms. The molecule has 1 aliphatic heterocycles. The molecule has 6 nitrogen and oxygen atoms in total. The lowest BCUT2D eigenvalue weighted by Crippen LogP contribution is -2.50. The molecule has 0 saturated carbocycles. The van der Waals surface area contributed by atoms with E-state index in [1.165, 1.54) is 25.0 Å². The van der Waals surface area contributed by atoms with Crippen LogP contribution in [0.4, 0.5) is 0 Å². The molecule has 1 aromatic rings. The highest BCUT2D eigenvalue weighted by Gasteiger charge is 2.54. The van der Waals surface area contributed by atoms with Gasteiger partial charge in [0, 0.05) is 12.6 Å². The van der Waals surface area contributed by atoms with Gasteiger partial charge in [0.15, 0.2) is 0 Å². The number of aromatic nitrogens is 1. The number of rotatable bonds is 2. The van der Waals surface area contributed by atoms with Crippen molar-refractivity contribution in [3.8, 4) is 0 Å². The molecule has 0 unspecified atom stereocenters. The topological polar surface area (TPSA) is 74.6 Å². The molecular formula is C12H13NO5. The van der Waals surface area contributed by atoms with Gasteiger partial charge in [-0.2, -0.15) is 0 Å². The van der Waals surface area contributed by atoms with Gasteiger partial charge in [0.05, 0.1) is 19.9 Å². The van der Waals surface area contributed by atoms with E-state index in [0.717, 1.165) is 0 Å². The Hall–Kier alpha value is -2.11. The van der Waals surface area contributed by atoms with Gasteiger partial charge in [-0.3, -0.25) is 19.0 Å². The molecule has 2 rings (SSSR count). The SMILES string of the molecule is COC(=O)C1(C(=O)OC)CCC(=O)n2cccc21. The molecule has 0 bridgehead atoms. The Balaban J connectivity index is 2.64. The van der Waals surface area contributed by atoms with Crippen molar-refractivity contribution in [2.24, 2.45) is 0 Å². The third-order valence-corrected chi connectivity index (χ3v) is 3.24. The van der Waals surface area contributed by atoms with Crippen molar-refractivity contribution in [1.29, 1.82) is 0 Å². The number of esters is 2. The van der Waals surface area contributed by atoms with E-state index in [9.17, 15) is 14.4 Å². The number of methoxy groups -OCH3 is 2. The number of fused-ring (bicyclic) bond motifs is 1. The predicted molar refractivity (Wildman–Crippen MR) is 60.0 cm³/mol. The summed E-state index contributed by atoms with van der Waals surface area (Å²) in [4.78, 5) is 35.7. The van der Waals surface area contributed by atoms with Crippen molar-refractivity contribution in [1.82, 2.24) is 4.57 Å². The summed E-state index contributed by atoms with van der Waals surface area (Å²) in [5.41, 5.74) is -1.24. The quantitative estimate of drug-likeness (QED) is 0.565. The zero-order chi connectivity index (χ0) is 13.3. The van der Waals surface area contributed by atoms with E-state index in [0.29, 0.717) is 5.69 Å². The fourth-order valence-electron chi connectivity index (χ4n) is 2.33. The third-order valence-electron chi connectivity index (χ3n) is 3.24. The van der Waals surface area contributed by atoms with E-state index in [2.05, 4.69) is 0 Å². The molecular weight excluding hydrogens is 238 g/mol. The maximum atomic E-state index is 12.0. The molecule has 0 N–H and O–H groups in total. The van der Waals surface area contributed by atoms with Crippen LogP contribution in [-0.2, 0) is 24.5 Å². The Morgan fingerprint density at radius 3 is 2.44 bits per heavy atom. The van der Waals surface area contributed by atoms with Crippen LogP contribution in [0.15, 0.2) is 18.3 Å². The molecule has 1 aromatic heterocycles. The molecule has 96 valence electrons. The summed E-state index contributed by atoms with van der Waals surface area (Å²) >= 11 is 0. The molecule has 6 heteroatoms. The zero-order valence-corrected chi connectivity index (χ0v) is 10.1. The van der Waals surface area contributed by atoms with Gasteiger partial charge >= 0.3 is 11.9 Å². The second-order valence-corrected chi connectivity index (χ2v) is 4.05. The molecule has 2 heterocycles. The van der Waals surface area contributed by atoms with Crippen molar-refractivity contribution in [2.45, 2.75) is 18.3 Å². The van der Waals surface area contributed by atoms with Crippen LogP contribution in [-0.4, -0.2) is 36.6 Å². The fourth-order valence-corrected chi connectivity index (χ4v) is 2.33. The number of hydrogen-bond donors (Lipinski definition) is 0. The van der Waals surface area contributed by atoms with Crippen LogP contribution in [0.1, 0.15) is 23.3 Å². The molecule has 0 spiro atoms. The van der Waals surface area contributed by atoms with Crippen molar-refractivity contribution in [3.05, 3.63) is 24.0 Å². The summed E-state index contributed by atoms with van der Waals surface area (Å²) < 4.78 is 10.7. The van der Waals surface area contributed by atoms with E-state index in [1.807, 2.05) is 0 Å². The monoisotopic (exact) mass is 251 g/mol. The molecule has 0 aliphatic carbocycles. The highest BCUT2D eigenvalue weighted by molar-refractivity contribution is 6.08. The lowest BCUT2D eigenvalue weighted by Gasteiger charge is -2.32. The maximum Gasteiger partial charge on any atom is 0.329 e. The molecule has 0 fully saturated rings. The first-order valence-electron chi connectivity index (χ1n) is 5.45. The van der Waals surface area contributed by atoms with E-state index < -0.39 is 17.4 Å². The normalized spacial score (nSPS) is 16.9. The van der Waals surface area contributed by atoms with Crippen LogP contribution in [0.2, 0.25) is 0 Å². The van der Waals surface area contributed by atoms with Crippen molar-refractivity contribution >= 4 is 17.8 Å². The fraction of sp³-hybridized carbons (Fsp3) is 0.417. The van der Waals surface area contributed by atoms with Gasteiger partial charge in [-0.1, -0.05) is 0 Å². The van der Waals surface area contributed by atoms with Gasteiger partial charge in [0.25, 0.3) is 0 Å². The minimum absolute atomic E-state index is 0.0647. The van der Waals surface area contributed by atoms with Gasteiger partial charge in [0.2, 0.25) is 11.3 Å². The van der Waals surface area contributed by atoms with E-state index >= 15 is 0 Å². The lowest BCUT2D eigenvalue weighted by molar-refractivity contribution is -0.163. The van der Waals surface area contributed by atoms with Gasteiger partial charge in [-0.15, -0.1) is 0 Å². The van der Waals surface area contributed by atoms with E-state index in [-0.39, 0.29) is 18.7 Å². The third kappa shape index (κ3) is 1.45. The molecule has 1 aliphatic rings. The highest BCUT2D eigenvalue weighted by atomic mass is 16.5. The number of ether oxygens (including phenoxy) is 2. The number of nitrogens with zero attached hydrogens (tertiary/aromatic N) is 1. The summed E-state index contributed by atoms with van der Waals surface area (Å²) in [6.45, 7) is 0. The predicted octanol–water partition coefficient (Wildman–Crippen LogP) is 0.506. The van der Waals surface area contributed by atoms with Gasteiger partial charge < -0.3 is 9.47 Å². The number of hydrogen-bond acceptors (Lipinski definition) is 5. The second kappa shape index (κ2) is 4.29. The minimum atomic E-state index is -1.54. The first-order chi connectivity index (χ1) is 8.57. The van der Waals surface area contributed by atoms with Gasteiger partial charge in [-0.25, -0.2) is 0 Å². The van der Waals surface area contributed by atoms with Crippen molar-refractivity contribution < 1.29 is 23.9 Å². The Labute approximate surface area is 103 Å². The molecule has 0 amide bonds. The Morgan fingerprint density at radius 1 is 1.28 bits per heavy atom. The maximum absolute atomic E-state index is 12.0. The molecule has 0 aromatic carbocycles. The van der Waals surface area contributed by atoms with Gasteiger partial charge in [0.1, 0.15) is 0 Å². The number of carbonyl (C=O) groups is 3. The smallest absolute Gasteiger partial charge is 0.329 e. The lowest BCUT2D eigenvalue weighted by atomic mass is 9.77. The standard InChI is InChI=1S/C12H13NO5/c1-17-10(15)12(11(16)18-2)6-5-9(14)13-7-3-4-8(12)13/h3-4,7H,5-6H2,1-2H3. The van der Waals surface area contributed by atoms with Crippen molar-refractivity contribution in [3.63, 3.8) is 0 Å². The summed E-state index contributed by atoms with van der Waals surface area (Å²) in [6.07, 6.45) is 1.68. The Bertz CT molecular complexity index is 500.